The van der Waals surface area contributed by atoms with Crippen LogP contribution in [0.1, 0.15) is 38.2 Å². The number of anilines is 2. The van der Waals surface area contributed by atoms with Gasteiger partial charge < -0.3 is 15.0 Å². The third kappa shape index (κ3) is 8.87. The molecule has 1 saturated heterocycles. The molecule has 0 radical (unpaired) electrons. The van der Waals surface area contributed by atoms with Crippen LogP contribution < -0.4 is 14.8 Å². The predicted molar refractivity (Wildman–Crippen MR) is 162 cm³/mol. The smallest absolute Gasteiger partial charge is 0.322 e. The van der Waals surface area contributed by atoms with Gasteiger partial charge in [0.15, 0.2) is 0 Å². The van der Waals surface area contributed by atoms with Crippen molar-refractivity contribution < 1.29 is 17.9 Å². The SMILES string of the molecule is CCCCN(C(=O)Nc1ccccc1Cl)C1CCN(Cc2ccc(Oc3ccc(NS(C)(=O)=O)cc3)cc2)CC1. The van der Waals surface area contributed by atoms with Gasteiger partial charge >= 0.3 is 6.03 Å². The summed E-state index contributed by atoms with van der Waals surface area (Å²) in [7, 11) is -3.31. The van der Waals surface area contributed by atoms with Gasteiger partial charge in [0.25, 0.3) is 0 Å². The average molecular weight is 585 g/mol. The zero-order chi connectivity index (χ0) is 28.5. The van der Waals surface area contributed by atoms with Crippen LogP contribution in [0, 0.1) is 0 Å². The lowest BCUT2D eigenvalue weighted by molar-refractivity contribution is 0.122. The van der Waals surface area contributed by atoms with E-state index < -0.39 is 10.0 Å². The molecule has 0 aliphatic carbocycles. The van der Waals surface area contributed by atoms with Crippen molar-refractivity contribution >= 4 is 39.0 Å². The molecule has 1 aliphatic heterocycles. The molecule has 3 aromatic carbocycles. The number of amides is 2. The van der Waals surface area contributed by atoms with Gasteiger partial charge in [-0.2, -0.15) is 0 Å². The lowest BCUT2D eigenvalue weighted by Crippen LogP contribution is -2.49. The summed E-state index contributed by atoms with van der Waals surface area (Å²) in [6.07, 6.45) is 4.95. The Kier molecular flexibility index (Phi) is 10.3. The summed E-state index contributed by atoms with van der Waals surface area (Å²) in [5, 5.41) is 3.54. The standard InChI is InChI=1S/C30H37ClN4O4S/c1-3-4-19-35(30(36)32-29-8-6-5-7-28(29)31)25-17-20-34(21-18-25)22-23-9-13-26(14-10-23)39-27-15-11-24(12-16-27)33-40(2,37)38/h5-16,25,33H,3-4,17-22H2,1-2H3,(H,32,36). The Labute approximate surface area is 242 Å². The fourth-order valence-corrected chi connectivity index (χ4v) is 5.53. The molecule has 0 bridgehead atoms. The number of carbonyl (C=O) groups is 1. The number of nitrogens with one attached hydrogen (secondary N) is 2. The van der Waals surface area contributed by atoms with Crippen LogP contribution in [-0.2, 0) is 16.6 Å². The van der Waals surface area contributed by atoms with Gasteiger partial charge in [-0.3, -0.25) is 9.62 Å². The van der Waals surface area contributed by atoms with Crippen LogP contribution in [-0.4, -0.2) is 56.2 Å². The summed E-state index contributed by atoms with van der Waals surface area (Å²) in [6.45, 7) is 5.53. The third-order valence-corrected chi connectivity index (χ3v) is 7.79. The maximum atomic E-state index is 13.2. The van der Waals surface area contributed by atoms with Gasteiger partial charge in [0.05, 0.1) is 17.0 Å². The summed E-state index contributed by atoms with van der Waals surface area (Å²) < 4.78 is 31.1. The number of hydrogen-bond donors (Lipinski definition) is 2. The molecule has 10 heteroatoms. The summed E-state index contributed by atoms with van der Waals surface area (Å²) in [5.74, 6) is 1.34. The first-order valence-corrected chi connectivity index (χ1v) is 15.9. The van der Waals surface area contributed by atoms with Crippen molar-refractivity contribution in [1.82, 2.24) is 9.80 Å². The Morgan fingerprint density at radius 1 is 1.00 bits per heavy atom. The summed E-state index contributed by atoms with van der Waals surface area (Å²) in [6, 6.07) is 22.2. The van der Waals surface area contributed by atoms with Crippen molar-refractivity contribution in [3.05, 3.63) is 83.4 Å². The quantitative estimate of drug-likeness (QED) is 0.258. The molecule has 0 unspecified atom stereocenters. The lowest BCUT2D eigenvalue weighted by atomic mass is 10.0. The number of hydrogen-bond acceptors (Lipinski definition) is 5. The van der Waals surface area contributed by atoms with Gasteiger partial charge in [-0.25, -0.2) is 13.2 Å². The van der Waals surface area contributed by atoms with Crippen LogP contribution in [0.3, 0.4) is 0 Å². The highest BCUT2D eigenvalue weighted by atomic mass is 35.5. The van der Waals surface area contributed by atoms with Crippen molar-refractivity contribution in [3.63, 3.8) is 0 Å². The maximum absolute atomic E-state index is 13.2. The third-order valence-electron chi connectivity index (χ3n) is 6.85. The second kappa shape index (κ2) is 13.9. The largest absolute Gasteiger partial charge is 0.457 e. The molecule has 0 atom stereocenters. The number of para-hydroxylation sites is 1. The van der Waals surface area contributed by atoms with Gasteiger partial charge in [0.2, 0.25) is 10.0 Å². The predicted octanol–water partition coefficient (Wildman–Crippen LogP) is 6.80. The lowest BCUT2D eigenvalue weighted by Gasteiger charge is -2.38. The number of sulfonamides is 1. The summed E-state index contributed by atoms with van der Waals surface area (Å²) in [4.78, 5) is 17.6. The molecule has 2 amide bonds. The Balaban J connectivity index is 1.28. The minimum absolute atomic E-state index is 0.0862. The molecule has 40 heavy (non-hydrogen) atoms. The van der Waals surface area contributed by atoms with E-state index in [1.165, 1.54) is 5.56 Å². The number of likely N-dealkylation sites (tertiary alicyclic amines) is 1. The molecule has 214 valence electrons. The molecule has 3 aromatic rings. The topological polar surface area (TPSA) is 91.0 Å². The zero-order valence-corrected chi connectivity index (χ0v) is 24.5. The summed E-state index contributed by atoms with van der Waals surface area (Å²) in [5.41, 5.74) is 2.32. The number of halogens is 1. The van der Waals surface area contributed by atoms with Crippen molar-refractivity contribution in [3.8, 4) is 11.5 Å². The minimum Gasteiger partial charge on any atom is -0.457 e. The normalized spacial score (nSPS) is 14.5. The molecule has 0 spiro atoms. The second-order valence-electron chi connectivity index (χ2n) is 10.1. The van der Waals surface area contributed by atoms with Crippen LogP contribution in [0.15, 0.2) is 72.8 Å². The highest BCUT2D eigenvalue weighted by Gasteiger charge is 2.28. The monoisotopic (exact) mass is 584 g/mol. The van der Waals surface area contributed by atoms with E-state index in [1.807, 2.05) is 35.2 Å². The highest BCUT2D eigenvalue weighted by molar-refractivity contribution is 7.92. The number of rotatable bonds is 11. The first-order valence-electron chi connectivity index (χ1n) is 13.6. The second-order valence-corrected chi connectivity index (χ2v) is 12.3. The molecule has 4 rings (SSSR count). The Hall–Kier alpha value is -3.27. The van der Waals surface area contributed by atoms with Crippen LogP contribution in [0.25, 0.3) is 0 Å². The molecule has 1 aliphatic rings. The number of piperidine rings is 1. The molecule has 1 heterocycles. The first kappa shape index (κ1) is 29.7. The molecule has 8 nitrogen and oxygen atoms in total. The number of benzene rings is 3. The number of nitrogens with zero attached hydrogens (tertiary/aromatic N) is 2. The number of urea groups is 1. The first-order chi connectivity index (χ1) is 19.2. The van der Waals surface area contributed by atoms with Gasteiger partial charge in [0.1, 0.15) is 11.5 Å². The molecular formula is C30H37ClN4O4S. The van der Waals surface area contributed by atoms with E-state index in [9.17, 15) is 13.2 Å². The minimum atomic E-state index is -3.31. The average Bonchev–Trinajstić information content (AvgIpc) is 2.92. The van der Waals surface area contributed by atoms with E-state index >= 15 is 0 Å². The van der Waals surface area contributed by atoms with Crippen molar-refractivity contribution in [1.29, 1.82) is 0 Å². The van der Waals surface area contributed by atoms with Gasteiger partial charge in [-0.05, 0) is 73.4 Å². The number of ether oxygens (including phenoxy) is 1. The molecular weight excluding hydrogens is 548 g/mol. The highest BCUT2D eigenvalue weighted by Crippen LogP contribution is 2.26. The number of carbonyl (C=O) groups excluding carboxylic acids is 1. The van der Waals surface area contributed by atoms with Gasteiger partial charge in [-0.15, -0.1) is 0 Å². The Morgan fingerprint density at radius 3 is 2.23 bits per heavy atom. The fourth-order valence-electron chi connectivity index (χ4n) is 4.78. The van der Waals surface area contributed by atoms with Crippen LogP contribution in [0.4, 0.5) is 16.2 Å². The zero-order valence-electron chi connectivity index (χ0n) is 23.0. The van der Waals surface area contributed by atoms with E-state index in [-0.39, 0.29) is 12.1 Å². The van der Waals surface area contributed by atoms with Crippen LogP contribution >= 0.6 is 11.6 Å². The van der Waals surface area contributed by atoms with E-state index in [0.29, 0.717) is 27.9 Å². The van der Waals surface area contributed by atoms with E-state index in [2.05, 4.69) is 34.0 Å². The molecule has 1 fully saturated rings. The molecule has 0 aromatic heterocycles. The number of unbranched alkanes of at least 4 members (excludes halogenated alkanes) is 1. The summed E-state index contributed by atoms with van der Waals surface area (Å²) >= 11 is 6.27. The van der Waals surface area contributed by atoms with Crippen molar-refractivity contribution in [2.45, 2.75) is 45.2 Å². The van der Waals surface area contributed by atoms with Gasteiger partial charge in [-0.1, -0.05) is 49.2 Å². The van der Waals surface area contributed by atoms with E-state index in [1.54, 1.807) is 30.3 Å². The van der Waals surface area contributed by atoms with E-state index in [4.69, 9.17) is 16.3 Å². The Bertz CT molecular complexity index is 1360. The van der Waals surface area contributed by atoms with Crippen LogP contribution in [0.2, 0.25) is 5.02 Å². The van der Waals surface area contributed by atoms with Crippen molar-refractivity contribution in [2.75, 3.05) is 35.9 Å². The fraction of sp³-hybridized carbons (Fsp3) is 0.367. The maximum Gasteiger partial charge on any atom is 0.322 e. The van der Waals surface area contributed by atoms with E-state index in [0.717, 1.165) is 58.1 Å². The molecule has 0 saturated carbocycles. The Morgan fingerprint density at radius 2 is 1.62 bits per heavy atom. The molecule has 2 N–H and O–H groups in total. The van der Waals surface area contributed by atoms with Crippen molar-refractivity contribution in [2.24, 2.45) is 0 Å². The van der Waals surface area contributed by atoms with Crippen LogP contribution in [0.5, 0.6) is 11.5 Å². The van der Waals surface area contributed by atoms with Gasteiger partial charge in [0, 0.05) is 37.9 Å².